The smallest absolute Gasteiger partial charge is 0.337 e. The highest BCUT2D eigenvalue weighted by molar-refractivity contribution is 6.33. The third-order valence-corrected chi connectivity index (χ3v) is 2.57. The summed E-state index contributed by atoms with van der Waals surface area (Å²) in [5, 5.41) is 12.2. The fourth-order valence-electron chi connectivity index (χ4n) is 1.44. The van der Waals surface area contributed by atoms with E-state index in [1.54, 1.807) is 25.3 Å². The third kappa shape index (κ3) is 2.75. The van der Waals surface area contributed by atoms with E-state index in [0.29, 0.717) is 17.3 Å². The van der Waals surface area contributed by atoms with Gasteiger partial charge in [0.15, 0.2) is 0 Å². The number of anilines is 2. The van der Waals surface area contributed by atoms with Gasteiger partial charge < -0.3 is 10.4 Å². The number of hydrogen-bond donors (Lipinski definition) is 2. The van der Waals surface area contributed by atoms with E-state index in [2.05, 4.69) is 15.3 Å². The number of aromatic nitrogens is 2. The van der Waals surface area contributed by atoms with Gasteiger partial charge >= 0.3 is 5.97 Å². The lowest BCUT2D eigenvalue weighted by Crippen LogP contribution is -2.00. The molecule has 92 valence electrons. The zero-order valence-electron chi connectivity index (χ0n) is 9.51. The Kier molecular flexibility index (Phi) is 3.43. The van der Waals surface area contributed by atoms with Crippen LogP contribution in [0.2, 0.25) is 5.02 Å². The molecule has 18 heavy (non-hydrogen) atoms. The van der Waals surface area contributed by atoms with Crippen molar-refractivity contribution >= 4 is 29.1 Å². The molecule has 0 atom stereocenters. The number of carboxylic acids is 1. The number of nitrogens with zero attached hydrogens (tertiary/aromatic N) is 2. The third-order valence-electron chi connectivity index (χ3n) is 2.25. The van der Waals surface area contributed by atoms with Crippen LogP contribution in [0.3, 0.4) is 0 Å². The number of halogens is 1. The highest BCUT2D eigenvalue weighted by Crippen LogP contribution is 2.22. The summed E-state index contributed by atoms with van der Waals surface area (Å²) in [7, 11) is 0. The highest BCUT2D eigenvalue weighted by atomic mass is 35.5. The Morgan fingerprint density at radius 3 is 2.83 bits per heavy atom. The number of nitrogens with one attached hydrogen (secondary N) is 1. The van der Waals surface area contributed by atoms with Crippen LogP contribution in [0.4, 0.5) is 11.5 Å². The molecular formula is C12H10ClN3O2. The lowest BCUT2D eigenvalue weighted by molar-refractivity contribution is 0.0697. The second-order valence-electron chi connectivity index (χ2n) is 3.61. The van der Waals surface area contributed by atoms with Gasteiger partial charge in [-0.15, -0.1) is 0 Å². The lowest BCUT2D eigenvalue weighted by atomic mass is 10.2. The molecule has 5 nitrogen and oxygen atoms in total. The van der Waals surface area contributed by atoms with E-state index in [1.807, 2.05) is 0 Å². The van der Waals surface area contributed by atoms with Gasteiger partial charge in [0.25, 0.3) is 0 Å². The number of hydrogen-bond acceptors (Lipinski definition) is 4. The zero-order valence-corrected chi connectivity index (χ0v) is 10.3. The molecule has 0 bridgehead atoms. The van der Waals surface area contributed by atoms with Crippen molar-refractivity contribution in [1.29, 1.82) is 0 Å². The number of aromatic carboxylic acids is 1. The maximum Gasteiger partial charge on any atom is 0.337 e. The first-order valence-corrected chi connectivity index (χ1v) is 5.53. The van der Waals surface area contributed by atoms with Gasteiger partial charge in [-0.3, -0.25) is 0 Å². The van der Waals surface area contributed by atoms with Crippen LogP contribution in [0, 0.1) is 6.92 Å². The molecule has 0 aliphatic heterocycles. The summed E-state index contributed by atoms with van der Waals surface area (Å²) < 4.78 is 0. The van der Waals surface area contributed by atoms with E-state index in [4.69, 9.17) is 16.7 Å². The van der Waals surface area contributed by atoms with Gasteiger partial charge in [-0.25, -0.2) is 14.8 Å². The first kappa shape index (κ1) is 12.3. The van der Waals surface area contributed by atoms with Crippen molar-refractivity contribution < 1.29 is 9.90 Å². The molecule has 2 N–H and O–H groups in total. The molecular weight excluding hydrogens is 254 g/mol. The van der Waals surface area contributed by atoms with Gasteiger partial charge in [0.05, 0.1) is 10.6 Å². The van der Waals surface area contributed by atoms with Crippen LogP contribution in [-0.4, -0.2) is 21.0 Å². The van der Waals surface area contributed by atoms with Crippen LogP contribution in [0.15, 0.2) is 30.5 Å². The quantitative estimate of drug-likeness (QED) is 0.891. The van der Waals surface area contributed by atoms with E-state index >= 15 is 0 Å². The SMILES string of the molecule is Cc1nccc(Nc2ccc(Cl)c(C(=O)O)c2)n1. The molecule has 2 rings (SSSR count). The molecule has 0 fully saturated rings. The van der Waals surface area contributed by atoms with E-state index in [-0.39, 0.29) is 10.6 Å². The average Bonchev–Trinajstić information content (AvgIpc) is 2.31. The maximum absolute atomic E-state index is 10.9. The second kappa shape index (κ2) is 5.01. The summed E-state index contributed by atoms with van der Waals surface area (Å²) >= 11 is 5.79. The topological polar surface area (TPSA) is 75.1 Å². The number of benzene rings is 1. The Morgan fingerprint density at radius 2 is 2.17 bits per heavy atom. The number of carbonyl (C=O) groups is 1. The van der Waals surface area contributed by atoms with Crippen LogP contribution in [0.5, 0.6) is 0 Å². The van der Waals surface area contributed by atoms with E-state index < -0.39 is 5.97 Å². The monoisotopic (exact) mass is 263 g/mol. The molecule has 6 heteroatoms. The van der Waals surface area contributed by atoms with Crippen molar-refractivity contribution in [3.63, 3.8) is 0 Å². The number of carboxylic acid groups (broad SMARTS) is 1. The Balaban J connectivity index is 2.30. The van der Waals surface area contributed by atoms with Crippen molar-refractivity contribution in [2.75, 3.05) is 5.32 Å². The molecule has 0 unspecified atom stereocenters. The standard InChI is InChI=1S/C12H10ClN3O2/c1-7-14-5-4-11(15-7)16-8-2-3-10(13)9(6-8)12(17)18/h2-6H,1H3,(H,17,18)(H,14,15,16). The van der Waals surface area contributed by atoms with Crippen molar-refractivity contribution in [1.82, 2.24) is 9.97 Å². The molecule has 1 aromatic heterocycles. The zero-order chi connectivity index (χ0) is 13.1. The summed E-state index contributed by atoms with van der Waals surface area (Å²) in [5.74, 6) is 0.163. The summed E-state index contributed by atoms with van der Waals surface area (Å²) in [5.41, 5.74) is 0.655. The highest BCUT2D eigenvalue weighted by Gasteiger charge is 2.09. The largest absolute Gasteiger partial charge is 0.478 e. The van der Waals surface area contributed by atoms with Crippen molar-refractivity contribution in [2.45, 2.75) is 6.92 Å². The van der Waals surface area contributed by atoms with E-state index in [0.717, 1.165) is 0 Å². The molecule has 0 saturated carbocycles. The van der Waals surface area contributed by atoms with Gasteiger partial charge in [-0.1, -0.05) is 11.6 Å². The van der Waals surface area contributed by atoms with Gasteiger partial charge in [-0.05, 0) is 31.2 Å². The number of rotatable bonds is 3. The predicted octanol–water partition coefficient (Wildman–Crippen LogP) is 2.88. The molecule has 0 aliphatic rings. The lowest BCUT2D eigenvalue weighted by Gasteiger charge is -2.07. The predicted molar refractivity (Wildman–Crippen MR) is 68.5 cm³/mol. The maximum atomic E-state index is 10.9. The molecule has 0 spiro atoms. The van der Waals surface area contributed by atoms with Crippen LogP contribution in [-0.2, 0) is 0 Å². The summed E-state index contributed by atoms with van der Waals surface area (Å²) in [4.78, 5) is 19.1. The Bertz CT molecular complexity index is 602. The molecule has 0 saturated heterocycles. The van der Waals surface area contributed by atoms with Gasteiger partial charge in [0, 0.05) is 11.9 Å². The average molecular weight is 264 g/mol. The minimum absolute atomic E-state index is 0.0486. The van der Waals surface area contributed by atoms with Crippen LogP contribution in [0.25, 0.3) is 0 Å². The van der Waals surface area contributed by atoms with Crippen LogP contribution in [0.1, 0.15) is 16.2 Å². The molecule has 1 heterocycles. The molecule has 2 aromatic rings. The summed E-state index contributed by atoms with van der Waals surface area (Å²) in [6.45, 7) is 1.77. The van der Waals surface area contributed by atoms with Crippen LogP contribution >= 0.6 is 11.6 Å². The first-order valence-electron chi connectivity index (χ1n) is 5.16. The Morgan fingerprint density at radius 1 is 1.39 bits per heavy atom. The first-order chi connectivity index (χ1) is 8.56. The molecule has 0 amide bonds. The second-order valence-corrected chi connectivity index (χ2v) is 4.02. The van der Waals surface area contributed by atoms with E-state index in [9.17, 15) is 4.79 Å². The van der Waals surface area contributed by atoms with Gasteiger partial charge in [-0.2, -0.15) is 0 Å². The van der Waals surface area contributed by atoms with Gasteiger partial charge in [0.1, 0.15) is 11.6 Å². The normalized spacial score (nSPS) is 10.1. The Hall–Kier alpha value is -2.14. The fraction of sp³-hybridized carbons (Fsp3) is 0.0833. The number of aryl methyl sites for hydroxylation is 1. The van der Waals surface area contributed by atoms with Crippen molar-refractivity contribution in [3.05, 3.63) is 46.9 Å². The van der Waals surface area contributed by atoms with Crippen molar-refractivity contribution in [3.8, 4) is 0 Å². The Labute approximate surface area is 108 Å². The minimum Gasteiger partial charge on any atom is -0.478 e. The van der Waals surface area contributed by atoms with Crippen LogP contribution < -0.4 is 5.32 Å². The summed E-state index contributed by atoms with van der Waals surface area (Å²) in [6.07, 6.45) is 1.62. The fourth-order valence-corrected chi connectivity index (χ4v) is 1.64. The molecule has 0 aliphatic carbocycles. The minimum atomic E-state index is -1.07. The summed E-state index contributed by atoms with van der Waals surface area (Å²) in [6, 6.07) is 6.37. The molecule has 0 radical (unpaired) electrons. The van der Waals surface area contributed by atoms with E-state index in [1.165, 1.54) is 12.1 Å². The molecule has 1 aromatic carbocycles. The van der Waals surface area contributed by atoms with Crippen molar-refractivity contribution in [2.24, 2.45) is 0 Å². The van der Waals surface area contributed by atoms with Gasteiger partial charge in [0.2, 0.25) is 0 Å².